The number of ether oxygens (including phenoxy) is 1. The SMILES string of the molecule is CCNc1nc(C)nc(N2CCOc3ccc(-c4cnc5nc(C)[nH]c5c4)cc3C2)c1C. The summed E-state index contributed by atoms with van der Waals surface area (Å²) >= 11 is 0. The third-order valence-corrected chi connectivity index (χ3v) is 5.71. The normalized spacial score (nSPS) is 13.6. The summed E-state index contributed by atoms with van der Waals surface area (Å²) in [5, 5.41) is 3.35. The number of anilines is 2. The number of aromatic nitrogens is 5. The molecule has 8 heteroatoms. The molecule has 0 bridgehead atoms. The van der Waals surface area contributed by atoms with Gasteiger partial charge in [-0.1, -0.05) is 6.07 Å². The highest BCUT2D eigenvalue weighted by Crippen LogP contribution is 2.32. The number of hydrogen-bond acceptors (Lipinski definition) is 7. The maximum atomic E-state index is 6.08. The molecule has 0 spiro atoms. The van der Waals surface area contributed by atoms with Gasteiger partial charge in [0.1, 0.15) is 35.6 Å². The molecule has 0 amide bonds. The van der Waals surface area contributed by atoms with Crippen LogP contribution in [0.15, 0.2) is 30.5 Å². The van der Waals surface area contributed by atoms with E-state index in [0.29, 0.717) is 13.2 Å². The van der Waals surface area contributed by atoms with Crippen LogP contribution in [0, 0.1) is 20.8 Å². The van der Waals surface area contributed by atoms with Gasteiger partial charge in [-0.2, -0.15) is 0 Å². The summed E-state index contributed by atoms with van der Waals surface area (Å²) in [5.74, 6) is 4.38. The van der Waals surface area contributed by atoms with Gasteiger partial charge in [0.2, 0.25) is 0 Å². The van der Waals surface area contributed by atoms with Crippen LogP contribution in [0.3, 0.4) is 0 Å². The minimum atomic E-state index is 0.603. The summed E-state index contributed by atoms with van der Waals surface area (Å²) in [4.78, 5) is 23.8. The van der Waals surface area contributed by atoms with Crippen molar-refractivity contribution >= 4 is 22.8 Å². The van der Waals surface area contributed by atoms with Crippen molar-refractivity contribution in [1.82, 2.24) is 24.9 Å². The number of aromatic amines is 1. The number of hydrogen-bond donors (Lipinski definition) is 2. The number of pyridine rings is 1. The zero-order valence-corrected chi connectivity index (χ0v) is 18.9. The van der Waals surface area contributed by atoms with Gasteiger partial charge in [0.05, 0.1) is 12.1 Å². The van der Waals surface area contributed by atoms with Crippen LogP contribution in [0.1, 0.15) is 29.7 Å². The molecule has 0 unspecified atom stereocenters. The van der Waals surface area contributed by atoms with Gasteiger partial charge < -0.3 is 19.9 Å². The van der Waals surface area contributed by atoms with E-state index in [1.165, 1.54) is 0 Å². The Labute approximate surface area is 187 Å². The van der Waals surface area contributed by atoms with E-state index in [9.17, 15) is 0 Å². The molecule has 8 nitrogen and oxygen atoms in total. The van der Waals surface area contributed by atoms with Crippen molar-refractivity contribution in [2.75, 3.05) is 29.9 Å². The first-order chi connectivity index (χ1) is 15.5. The first kappa shape index (κ1) is 20.2. The van der Waals surface area contributed by atoms with Crippen molar-refractivity contribution in [3.63, 3.8) is 0 Å². The fourth-order valence-electron chi connectivity index (χ4n) is 4.19. The average Bonchev–Trinajstić information content (AvgIpc) is 3.02. The molecule has 1 aliphatic heterocycles. The third-order valence-electron chi connectivity index (χ3n) is 5.71. The molecule has 1 aromatic carbocycles. The second-order valence-corrected chi connectivity index (χ2v) is 8.11. The minimum Gasteiger partial charge on any atom is -0.491 e. The summed E-state index contributed by atoms with van der Waals surface area (Å²) in [5.41, 5.74) is 6.00. The molecule has 1 aliphatic rings. The molecule has 0 atom stereocenters. The molecule has 4 aromatic rings. The van der Waals surface area contributed by atoms with Crippen LogP contribution in [-0.4, -0.2) is 44.6 Å². The Morgan fingerprint density at radius 3 is 2.81 bits per heavy atom. The van der Waals surface area contributed by atoms with Gasteiger partial charge in [-0.05, 0) is 51.5 Å². The predicted octanol–water partition coefficient (Wildman–Crippen LogP) is 4.17. The number of benzene rings is 1. The lowest BCUT2D eigenvalue weighted by Gasteiger charge is -2.24. The smallest absolute Gasteiger partial charge is 0.177 e. The van der Waals surface area contributed by atoms with E-state index in [0.717, 1.165) is 75.5 Å². The summed E-state index contributed by atoms with van der Waals surface area (Å²) in [6, 6.07) is 8.43. The van der Waals surface area contributed by atoms with Gasteiger partial charge in [0.25, 0.3) is 0 Å². The van der Waals surface area contributed by atoms with Gasteiger partial charge in [-0.25, -0.2) is 19.9 Å². The molecule has 5 rings (SSSR count). The first-order valence-electron chi connectivity index (χ1n) is 10.9. The Morgan fingerprint density at radius 1 is 1.09 bits per heavy atom. The standard InChI is InChI=1S/C24H27N7O/c1-5-25-22-14(2)24(30-16(4)28-22)31-8-9-32-21-7-6-17(10-19(21)13-31)18-11-20-23(26-12-18)29-15(3)27-20/h6-7,10-12H,5,8-9,13H2,1-4H3,(H,25,28,30)(H,26,27,29). The van der Waals surface area contributed by atoms with Gasteiger partial charge in [-0.15, -0.1) is 0 Å². The lowest BCUT2D eigenvalue weighted by atomic mass is 10.0. The Balaban J connectivity index is 1.51. The highest BCUT2D eigenvalue weighted by atomic mass is 16.5. The fraction of sp³-hybridized carbons (Fsp3) is 0.333. The van der Waals surface area contributed by atoms with Crippen LogP contribution >= 0.6 is 0 Å². The van der Waals surface area contributed by atoms with Crippen LogP contribution < -0.4 is 15.0 Å². The second-order valence-electron chi connectivity index (χ2n) is 8.11. The number of nitrogens with one attached hydrogen (secondary N) is 2. The quantitative estimate of drug-likeness (QED) is 0.503. The Hall–Kier alpha value is -3.68. The van der Waals surface area contributed by atoms with E-state index in [1.54, 1.807) is 0 Å². The molecule has 0 saturated heterocycles. The van der Waals surface area contributed by atoms with Gasteiger partial charge in [0.15, 0.2) is 5.65 Å². The maximum Gasteiger partial charge on any atom is 0.177 e. The molecule has 32 heavy (non-hydrogen) atoms. The van der Waals surface area contributed by atoms with Crippen LogP contribution in [0.25, 0.3) is 22.3 Å². The Bertz CT molecular complexity index is 1300. The molecule has 2 N–H and O–H groups in total. The second kappa shape index (κ2) is 8.11. The third kappa shape index (κ3) is 3.72. The highest BCUT2D eigenvalue weighted by molar-refractivity contribution is 5.78. The molecule has 164 valence electrons. The van der Waals surface area contributed by atoms with Gasteiger partial charge >= 0.3 is 0 Å². The van der Waals surface area contributed by atoms with Crippen LogP contribution in [0.4, 0.5) is 11.6 Å². The van der Waals surface area contributed by atoms with E-state index < -0.39 is 0 Å². The van der Waals surface area contributed by atoms with Crippen molar-refractivity contribution in [1.29, 1.82) is 0 Å². The zero-order valence-electron chi connectivity index (χ0n) is 18.9. The summed E-state index contributed by atoms with van der Waals surface area (Å²) in [6.07, 6.45) is 1.88. The molecule has 3 aromatic heterocycles. The van der Waals surface area contributed by atoms with E-state index in [2.05, 4.69) is 68.3 Å². The topological polar surface area (TPSA) is 91.8 Å². The summed E-state index contributed by atoms with van der Waals surface area (Å²) in [6.45, 7) is 10.9. The number of imidazole rings is 1. The van der Waals surface area contributed by atoms with Crippen LogP contribution in [0.5, 0.6) is 5.75 Å². The molecular weight excluding hydrogens is 402 g/mol. The molecule has 0 saturated carbocycles. The van der Waals surface area contributed by atoms with Gasteiger partial charge in [-0.3, -0.25) is 0 Å². The maximum absolute atomic E-state index is 6.08. The first-order valence-corrected chi connectivity index (χ1v) is 10.9. The predicted molar refractivity (Wildman–Crippen MR) is 126 cm³/mol. The molecule has 0 aliphatic carbocycles. The van der Waals surface area contributed by atoms with Crippen molar-refractivity contribution in [2.24, 2.45) is 0 Å². The van der Waals surface area contributed by atoms with E-state index in [1.807, 2.05) is 20.0 Å². The number of aryl methyl sites for hydroxylation is 2. The molecular formula is C24H27N7O. The number of rotatable bonds is 4. The fourth-order valence-corrected chi connectivity index (χ4v) is 4.19. The van der Waals surface area contributed by atoms with Gasteiger partial charge in [0, 0.05) is 36.0 Å². The minimum absolute atomic E-state index is 0.603. The molecule has 0 fully saturated rings. The monoisotopic (exact) mass is 429 g/mol. The lowest BCUT2D eigenvalue weighted by Crippen LogP contribution is -2.27. The van der Waals surface area contributed by atoms with E-state index >= 15 is 0 Å². The lowest BCUT2D eigenvalue weighted by molar-refractivity contribution is 0.331. The largest absolute Gasteiger partial charge is 0.491 e. The summed E-state index contributed by atoms with van der Waals surface area (Å²) in [7, 11) is 0. The number of nitrogens with zero attached hydrogens (tertiary/aromatic N) is 5. The van der Waals surface area contributed by atoms with Crippen molar-refractivity contribution < 1.29 is 4.74 Å². The number of fused-ring (bicyclic) bond motifs is 2. The van der Waals surface area contributed by atoms with Crippen molar-refractivity contribution in [3.8, 4) is 16.9 Å². The zero-order chi connectivity index (χ0) is 22.2. The highest BCUT2D eigenvalue weighted by Gasteiger charge is 2.21. The van der Waals surface area contributed by atoms with E-state index in [-0.39, 0.29) is 0 Å². The molecule has 4 heterocycles. The van der Waals surface area contributed by atoms with Crippen molar-refractivity contribution in [3.05, 3.63) is 53.2 Å². The number of H-pyrrole nitrogens is 1. The van der Waals surface area contributed by atoms with E-state index in [4.69, 9.17) is 9.72 Å². The van der Waals surface area contributed by atoms with Crippen LogP contribution in [-0.2, 0) is 6.54 Å². The Morgan fingerprint density at radius 2 is 1.97 bits per heavy atom. The molecule has 0 radical (unpaired) electrons. The van der Waals surface area contributed by atoms with Crippen molar-refractivity contribution in [2.45, 2.75) is 34.2 Å². The Kier molecular flexibility index (Phi) is 5.13. The summed E-state index contributed by atoms with van der Waals surface area (Å²) < 4.78 is 6.08. The van der Waals surface area contributed by atoms with Crippen LogP contribution in [0.2, 0.25) is 0 Å². The average molecular weight is 430 g/mol.